The number of H-pyrrole nitrogens is 1. The number of carbonyl (C=O) groups is 1. The summed E-state index contributed by atoms with van der Waals surface area (Å²) in [5.41, 5.74) is 1.73. The molecule has 1 aromatic heterocycles. The van der Waals surface area contributed by atoms with Crippen molar-refractivity contribution >= 4 is 17.3 Å². The van der Waals surface area contributed by atoms with E-state index in [1.165, 1.54) is 6.33 Å². The normalized spacial score (nSPS) is 10.0. The van der Waals surface area contributed by atoms with Gasteiger partial charge in [-0.25, -0.2) is 4.98 Å². The van der Waals surface area contributed by atoms with E-state index in [4.69, 9.17) is 0 Å². The highest BCUT2D eigenvalue weighted by Crippen LogP contribution is 2.17. The fourth-order valence-electron chi connectivity index (χ4n) is 1.37. The van der Waals surface area contributed by atoms with E-state index >= 15 is 0 Å². The van der Waals surface area contributed by atoms with Gasteiger partial charge in [0.2, 0.25) is 5.82 Å². The first-order chi connectivity index (χ1) is 8.16. The highest BCUT2D eigenvalue weighted by Gasteiger charge is 2.08. The Balaban J connectivity index is 2.14. The molecule has 0 saturated carbocycles. The molecule has 0 aliphatic rings. The number of amides is 1. The van der Waals surface area contributed by atoms with Crippen molar-refractivity contribution in [2.45, 2.75) is 0 Å². The Morgan fingerprint density at radius 1 is 1.41 bits per heavy atom. The standard InChI is InChI=1S/C11H13N5O/c1-16(2)9-5-3-4-8(6-9)14-11(17)10-12-7-13-15-10/h3-7H,1-2H3,(H,14,17)(H,12,13,15). The summed E-state index contributed by atoms with van der Waals surface area (Å²) in [6.07, 6.45) is 1.30. The molecule has 17 heavy (non-hydrogen) atoms. The first-order valence-corrected chi connectivity index (χ1v) is 5.11. The Bertz CT molecular complexity index is 506. The van der Waals surface area contributed by atoms with Gasteiger partial charge in [-0.15, -0.1) is 0 Å². The second-order valence-electron chi connectivity index (χ2n) is 3.73. The average molecular weight is 231 g/mol. The maximum absolute atomic E-state index is 11.7. The van der Waals surface area contributed by atoms with Crippen LogP contribution in [0.15, 0.2) is 30.6 Å². The van der Waals surface area contributed by atoms with Crippen molar-refractivity contribution in [3.8, 4) is 0 Å². The molecule has 0 saturated heterocycles. The lowest BCUT2D eigenvalue weighted by molar-refractivity contribution is 0.101. The van der Waals surface area contributed by atoms with Crippen LogP contribution in [0.4, 0.5) is 11.4 Å². The monoisotopic (exact) mass is 231 g/mol. The second-order valence-corrected chi connectivity index (χ2v) is 3.73. The molecule has 0 aliphatic carbocycles. The minimum Gasteiger partial charge on any atom is -0.378 e. The molecule has 2 N–H and O–H groups in total. The molecule has 1 heterocycles. The number of nitrogens with one attached hydrogen (secondary N) is 2. The van der Waals surface area contributed by atoms with E-state index in [9.17, 15) is 4.79 Å². The van der Waals surface area contributed by atoms with Crippen LogP contribution >= 0.6 is 0 Å². The molecule has 0 bridgehead atoms. The Labute approximate surface area is 98.7 Å². The van der Waals surface area contributed by atoms with Crippen LogP contribution in [0, 0.1) is 0 Å². The molecule has 0 spiro atoms. The topological polar surface area (TPSA) is 73.9 Å². The van der Waals surface area contributed by atoms with Gasteiger partial charge in [0.25, 0.3) is 5.91 Å². The second kappa shape index (κ2) is 4.65. The number of nitrogens with zero attached hydrogens (tertiary/aromatic N) is 3. The number of rotatable bonds is 3. The number of benzene rings is 1. The lowest BCUT2D eigenvalue weighted by Gasteiger charge is -2.13. The number of anilines is 2. The minimum absolute atomic E-state index is 0.195. The van der Waals surface area contributed by atoms with Gasteiger partial charge in [0.15, 0.2) is 0 Å². The molecular formula is C11H13N5O. The minimum atomic E-state index is -0.307. The molecule has 0 unspecified atom stereocenters. The van der Waals surface area contributed by atoms with E-state index in [0.717, 1.165) is 11.4 Å². The number of hydrogen-bond acceptors (Lipinski definition) is 4. The summed E-state index contributed by atoms with van der Waals surface area (Å²) in [5, 5.41) is 8.88. The molecule has 1 amide bonds. The van der Waals surface area contributed by atoms with Gasteiger partial charge in [0, 0.05) is 25.5 Å². The maximum atomic E-state index is 11.7. The maximum Gasteiger partial charge on any atom is 0.292 e. The average Bonchev–Trinajstić information content (AvgIpc) is 2.82. The van der Waals surface area contributed by atoms with Crippen LogP contribution in [0.3, 0.4) is 0 Å². The molecule has 0 aliphatic heterocycles. The summed E-state index contributed by atoms with van der Waals surface area (Å²) in [7, 11) is 3.88. The third kappa shape index (κ3) is 2.60. The van der Waals surface area contributed by atoms with Crippen LogP contribution in [0.2, 0.25) is 0 Å². The third-order valence-corrected chi connectivity index (χ3v) is 2.25. The van der Waals surface area contributed by atoms with Crippen LogP contribution in [0.5, 0.6) is 0 Å². The highest BCUT2D eigenvalue weighted by molar-refractivity contribution is 6.01. The van der Waals surface area contributed by atoms with Crippen LogP contribution in [0.25, 0.3) is 0 Å². The summed E-state index contributed by atoms with van der Waals surface area (Å²) < 4.78 is 0. The third-order valence-electron chi connectivity index (χ3n) is 2.25. The van der Waals surface area contributed by atoms with Crippen LogP contribution in [0.1, 0.15) is 10.6 Å². The SMILES string of the molecule is CN(C)c1cccc(NC(=O)c2ncn[nH]2)c1. The zero-order chi connectivity index (χ0) is 12.3. The molecule has 6 nitrogen and oxygen atoms in total. The Kier molecular flexibility index (Phi) is 3.04. The number of hydrogen-bond donors (Lipinski definition) is 2. The van der Waals surface area contributed by atoms with E-state index < -0.39 is 0 Å². The van der Waals surface area contributed by atoms with E-state index in [2.05, 4.69) is 20.5 Å². The van der Waals surface area contributed by atoms with Crippen molar-refractivity contribution in [3.05, 3.63) is 36.4 Å². The Morgan fingerprint density at radius 2 is 2.24 bits per heavy atom. The molecule has 0 radical (unpaired) electrons. The van der Waals surface area contributed by atoms with E-state index in [-0.39, 0.29) is 11.7 Å². The van der Waals surface area contributed by atoms with Crippen molar-refractivity contribution in [1.82, 2.24) is 15.2 Å². The molecule has 1 aromatic carbocycles. The van der Waals surface area contributed by atoms with Gasteiger partial charge >= 0.3 is 0 Å². The number of aromatic nitrogens is 3. The molecular weight excluding hydrogens is 218 g/mol. The van der Waals surface area contributed by atoms with Gasteiger partial charge < -0.3 is 10.2 Å². The van der Waals surface area contributed by atoms with E-state index in [0.29, 0.717) is 0 Å². The Morgan fingerprint density at radius 3 is 2.88 bits per heavy atom. The number of aromatic amines is 1. The van der Waals surface area contributed by atoms with Crippen molar-refractivity contribution in [1.29, 1.82) is 0 Å². The van der Waals surface area contributed by atoms with Gasteiger partial charge in [-0.3, -0.25) is 9.89 Å². The predicted molar refractivity (Wildman–Crippen MR) is 65.1 cm³/mol. The van der Waals surface area contributed by atoms with Gasteiger partial charge in [0.05, 0.1) is 0 Å². The lowest BCUT2D eigenvalue weighted by atomic mass is 10.2. The predicted octanol–water partition coefficient (Wildman–Crippen LogP) is 1.12. The lowest BCUT2D eigenvalue weighted by Crippen LogP contribution is -2.14. The Hall–Kier alpha value is -2.37. The summed E-state index contributed by atoms with van der Waals surface area (Å²) in [5.74, 6) is -0.112. The largest absolute Gasteiger partial charge is 0.378 e. The fraction of sp³-hybridized carbons (Fsp3) is 0.182. The quantitative estimate of drug-likeness (QED) is 0.830. The van der Waals surface area contributed by atoms with Crippen molar-refractivity contribution in [2.24, 2.45) is 0 Å². The zero-order valence-corrected chi connectivity index (χ0v) is 9.64. The van der Waals surface area contributed by atoms with Crippen LogP contribution in [-0.4, -0.2) is 35.2 Å². The summed E-state index contributed by atoms with van der Waals surface area (Å²) in [6, 6.07) is 7.55. The summed E-state index contributed by atoms with van der Waals surface area (Å²) >= 11 is 0. The first-order valence-electron chi connectivity index (χ1n) is 5.11. The van der Waals surface area contributed by atoms with Gasteiger partial charge in [-0.2, -0.15) is 5.10 Å². The van der Waals surface area contributed by atoms with Crippen molar-refractivity contribution < 1.29 is 4.79 Å². The highest BCUT2D eigenvalue weighted by atomic mass is 16.2. The van der Waals surface area contributed by atoms with Gasteiger partial charge in [-0.1, -0.05) is 6.07 Å². The molecule has 0 fully saturated rings. The molecule has 6 heteroatoms. The fourth-order valence-corrected chi connectivity index (χ4v) is 1.37. The first kappa shape index (κ1) is 11.1. The smallest absolute Gasteiger partial charge is 0.292 e. The number of carbonyl (C=O) groups excluding carboxylic acids is 1. The van der Waals surface area contributed by atoms with Gasteiger partial charge in [-0.05, 0) is 18.2 Å². The molecule has 2 aromatic rings. The summed E-state index contributed by atoms with van der Waals surface area (Å²) in [4.78, 5) is 17.4. The van der Waals surface area contributed by atoms with Crippen LogP contribution in [-0.2, 0) is 0 Å². The van der Waals surface area contributed by atoms with Gasteiger partial charge in [0.1, 0.15) is 6.33 Å². The van der Waals surface area contributed by atoms with Crippen molar-refractivity contribution in [3.63, 3.8) is 0 Å². The van der Waals surface area contributed by atoms with E-state index in [1.54, 1.807) is 0 Å². The van der Waals surface area contributed by atoms with Crippen LogP contribution < -0.4 is 10.2 Å². The molecule has 0 atom stereocenters. The zero-order valence-electron chi connectivity index (χ0n) is 9.64. The van der Waals surface area contributed by atoms with Crippen molar-refractivity contribution in [2.75, 3.05) is 24.3 Å². The molecule has 2 rings (SSSR count). The molecule has 88 valence electrons. The van der Waals surface area contributed by atoms with E-state index in [1.807, 2.05) is 43.3 Å². The summed E-state index contributed by atoms with van der Waals surface area (Å²) in [6.45, 7) is 0.